The smallest absolute Gasteiger partial charge is 0.226 e. The minimum absolute atomic E-state index is 0.00892. The van der Waals surface area contributed by atoms with Gasteiger partial charge in [-0.05, 0) is 51.7 Å². The number of amides is 2. The second-order valence-electron chi connectivity index (χ2n) is 5.93. The lowest BCUT2D eigenvalue weighted by molar-refractivity contribution is -0.129. The maximum atomic E-state index is 12.0. The zero-order valence-corrected chi connectivity index (χ0v) is 15.9. The molecule has 0 aromatic heterocycles. The number of hydrogen-bond acceptors (Lipinski definition) is 3. The van der Waals surface area contributed by atoms with Crippen LogP contribution in [0.3, 0.4) is 0 Å². The highest BCUT2D eigenvalue weighted by molar-refractivity contribution is 9.10. The molecule has 23 heavy (non-hydrogen) atoms. The molecule has 0 unspecified atom stereocenters. The Morgan fingerprint density at radius 3 is 2.43 bits per heavy atom. The van der Waals surface area contributed by atoms with E-state index in [1.807, 2.05) is 39.2 Å². The number of carbonyl (C=O) groups excluding carboxylic acids is 2. The summed E-state index contributed by atoms with van der Waals surface area (Å²) in [6.45, 7) is 5.59. The molecule has 1 rings (SSSR count). The van der Waals surface area contributed by atoms with E-state index in [9.17, 15) is 9.59 Å². The van der Waals surface area contributed by atoms with E-state index in [0.717, 1.165) is 28.7 Å². The normalized spacial score (nSPS) is 10.7. The SMILES string of the molecule is CC(=O)N(CCCN(C)C)CCC(=O)Nc1ccc(C)c(Br)c1. The minimum Gasteiger partial charge on any atom is -0.342 e. The Bertz CT molecular complexity index is 547. The van der Waals surface area contributed by atoms with Crippen molar-refractivity contribution in [3.8, 4) is 0 Å². The molecule has 6 heteroatoms. The average molecular weight is 384 g/mol. The highest BCUT2D eigenvalue weighted by Crippen LogP contribution is 2.20. The van der Waals surface area contributed by atoms with Gasteiger partial charge in [-0.2, -0.15) is 0 Å². The summed E-state index contributed by atoms with van der Waals surface area (Å²) in [6, 6.07) is 5.70. The highest BCUT2D eigenvalue weighted by Gasteiger charge is 2.11. The lowest BCUT2D eigenvalue weighted by Crippen LogP contribution is -2.34. The third-order valence-corrected chi connectivity index (χ3v) is 4.40. The van der Waals surface area contributed by atoms with Crippen LogP contribution in [-0.4, -0.2) is 55.3 Å². The van der Waals surface area contributed by atoms with Crippen LogP contribution in [0, 0.1) is 6.92 Å². The Kier molecular flexibility index (Phi) is 8.26. The summed E-state index contributed by atoms with van der Waals surface area (Å²) in [4.78, 5) is 27.5. The molecule has 0 radical (unpaired) electrons. The van der Waals surface area contributed by atoms with Crippen LogP contribution in [0.1, 0.15) is 25.3 Å². The van der Waals surface area contributed by atoms with Crippen molar-refractivity contribution >= 4 is 33.4 Å². The number of hydrogen-bond donors (Lipinski definition) is 1. The Labute approximate surface area is 147 Å². The second kappa shape index (κ2) is 9.67. The standard InChI is InChI=1S/C17H26BrN3O2/c1-13-6-7-15(12-16(13)18)19-17(23)8-11-21(14(2)22)10-5-9-20(3)4/h6-7,12H,5,8-11H2,1-4H3,(H,19,23). The quantitative estimate of drug-likeness (QED) is 0.750. The number of halogens is 1. The van der Waals surface area contributed by atoms with Gasteiger partial charge >= 0.3 is 0 Å². The van der Waals surface area contributed by atoms with Crippen LogP contribution >= 0.6 is 15.9 Å². The Morgan fingerprint density at radius 2 is 1.87 bits per heavy atom. The van der Waals surface area contributed by atoms with Gasteiger partial charge in [-0.3, -0.25) is 9.59 Å². The molecular weight excluding hydrogens is 358 g/mol. The predicted octanol–water partition coefficient (Wildman–Crippen LogP) is 2.89. The molecule has 128 valence electrons. The van der Waals surface area contributed by atoms with E-state index in [-0.39, 0.29) is 11.8 Å². The molecule has 0 aliphatic carbocycles. The van der Waals surface area contributed by atoms with Gasteiger partial charge in [0.2, 0.25) is 11.8 Å². The molecule has 0 saturated carbocycles. The number of aryl methyl sites for hydroxylation is 1. The summed E-state index contributed by atoms with van der Waals surface area (Å²) in [6.07, 6.45) is 1.20. The van der Waals surface area contributed by atoms with E-state index in [4.69, 9.17) is 0 Å². The molecule has 1 N–H and O–H groups in total. The average Bonchev–Trinajstić information content (AvgIpc) is 2.45. The van der Waals surface area contributed by atoms with Crippen LogP contribution in [0.25, 0.3) is 0 Å². The van der Waals surface area contributed by atoms with E-state index >= 15 is 0 Å². The number of anilines is 1. The van der Waals surface area contributed by atoms with E-state index < -0.39 is 0 Å². The second-order valence-corrected chi connectivity index (χ2v) is 6.78. The zero-order chi connectivity index (χ0) is 17.4. The van der Waals surface area contributed by atoms with Crippen LogP contribution in [0.5, 0.6) is 0 Å². The number of nitrogens with one attached hydrogen (secondary N) is 1. The molecule has 1 aromatic carbocycles. The van der Waals surface area contributed by atoms with Gasteiger partial charge in [0.05, 0.1) is 0 Å². The summed E-state index contributed by atoms with van der Waals surface area (Å²) in [7, 11) is 4.01. The van der Waals surface area contributed by atoms with E-state index in [0.29, 0.717) is 19.5 Å². The molecular formula is C17H26BrN3O2. The summed E-state index contributed by atoms with van der Waals surface area (Å²) < 4.78 is 0.962. The van der Waals surface area contributed by atoms with Gasteiger partial charge < -0.3 is 15.1 Å². The maximum Gasteiger partial charge on any atom is 0.226 e. The van der Waals surface area contributed by atoms with Crippen molar-refractivity contribution in [2.24, 2.45) is 0 Å². The van der Waals surface area contributed by atoms with Gasteiger partial charge in [0.25, 0.3) is 0 Å². The van der Waals surface area contributed by atoms with Crippen LogP contribution in [0.2, 0.25) is 0 Å². The zero-order valence-electron chi connectivity index (χ0n) is 14.4. The Hall–Kier alpha value is -1.40. The maximum absolute atomic E-state index is 12.0. The van der Waals surface area contributed by atoms with Crippen LogP contribution in [0.4, 0.5) is 5.69 Å². The first-order chi connectivity index (χ1) is 10.8. The van der Waals surface area contributed by atoms with Crippen molar-refractivity contribution in [2.75, 3.05) is 39.0 Å². The van der Waals surface area contributed by atoms with Crippen molar-refractivity contribution in [1.29, 1.82) is 0 Å². The fraction of sp³-hybridized carbons (Fsp3) is 0.529. The molecule has 2 amide bonds. The van der Waals surface area contributed by atoms with E-state index in [1.54, 1.807) is 11.8 Å². The van der Waals surface area contributed by atoms with Crippen molar-refractivity contribution in [1.82, 2.24) is 9.80 Å². The summed E-state index contributed by atoms with van der Waals surface area (Å²) in [5.74, 6) is -0.0748. The first kappa shape index (κ1) is 19.6. The van der Waals surface area contributed by atoms with Crippen molar-refractivity contribution in [2.45, 2.75) is 26.7 Å². The van der Waals surface area contributed by atoms with Crippen LogP contribution in [0.15, 0.2) is 22.7 Å². The molecule has 0 aliphatic heterocycles. The van der Waals surface area contributed by atoms with Gasteiger partial charge in [0.1, 0.15) is 0 Å². The van der Waals surface area contributed by atoms with Crippen molar-refractivity contribution in [3.05, 3.63) is 28.2 Å². The van der Waals surface area contributed by atoms with E-state index in [1.165, 1.54) is 0 Å². The van der Waals surface area contributed by atoms with Gasteiger partial charge in [0.15, 0.2) is 0 Å². The van der Waals surface area contributed by atoms with Crippen LogP contribution in [-0.2, 0) is 9.59 Å². The number of nitrogens with zero attached hydrogens (tertiary/aromatic N) is 2. The molecule has 0 aliphatic rings. The third kappa shape index (κ3) is 7.61. The molecule has 0 bridgehead atoms. The fourth-order valence-electron chi connectivity index (χ4n) is 2.14. The summed E-state index contributed by atoms with van der Waals surface area (Å²) in [5, 5.41) is 2.86. The first-order valence-electron chi connectivity index (χ1n) is 7.76. The van der Waals surface area contributed by atoms with Gasteiger partial charge in [-0.15, -0.1) is 0 Å². The predicted molar refractivity (Wildman–Crippen MR) is 97.6 cm³/mol. The molecule has 0 spiro atoms. The molecule has 0 saturated heterocycles. The minimum atomic E-state index is -0.0837. The topological polar surface area (TPSA) is 52.7 Å². The van der Waals surface area contributed by atoms with Crippen LogP contribution < -0.4 is 5.32 Å². The largest absolute Gasteiger partial charge is 0.342 e. The molecule has 1 aromatic rings. The van der Waals surface area contributed by atoms with Crippen molar-refractivity contribution < 1.29 is 9.59 Å². The molecule has 5 nitrogen and oxygen atoms in total. The van der Waals surface area contributed by atoms with E-state index in [2.05, 4.69) is 26.1 Å². The van der Waals surface area contributed by atoms with Gasteiger partial charge in [-0.25, -0.2) is 0 Å². The molecule has 0 heterocycles. The van der Waals surface area contributed by atoms with Gasteiger partial charge in [-0.1, -0.05) is 22.0 Å². The fourth-order valence-corrected chi connectivity index (χ4v) is 2.51. The number of rotatable bonds is 8. The Balaban J connectivity index is 2.45. The molecule has 0 atom stereocenters. The third-order valence-electron chi connectivity index (χ3n) is 3.54. The lowest BCUT2D eigenvalue weighted by Gasteiger charge is -2.21. The number of carbonyl (C=O) groups is 2. The Morgan fingerprint density at radius 1 is 1.17 bits per heavy atom. The summed E-state index contributed by atoms with van der Waals surface area (Å²) >= 11 is 3.45. The lowest BCUT2D eigenvalue weighted by atomic mass is 10.2. The van der Waals surface area contributed by atoms with Crippen molar-refractivity contribution in [3.63, 3.8) is 0 Å². The number of benzene rings is 1. The molecule has 0 fully saturated rings. The highest BCUT2D eigenvalue weighted by atomic mass is 79.9. The summed E-state index contributed by atoms with van der Waals surface area (Å²) in [5.41, 5.74) is 1.88. The first-order valence-corrected chi connectivity index (χ1v) is 8.55. The van der Waals surface area contributed by atoms with Gasteiger partial charge in [0, 0.05) is 36.6 Å². The monoisotopic (exact) mass is 383 g/mol.